The largest absolute Gasteiger partial charge is 0.497 e. The van der Waals surface area contributed by atoms with E-state index >= 15 is 0 Å². The van der Waals surface area contributed by atoms with Crippen LogP contribution in [0.5, 0.6) is 5.75 Å². The van der Waals surface area contributed by atoms with Gasteiger partial charge in [-0.3, -0.25) is 9.89 Å². The van der Waals surface area contributed by atoms with Gasteiger partial charge in [0.2, 0.25) is 0 Å². The summed E-state index contributed by atoms with van der Waals surface area (Å²) in [7, 11) is 1.69. The van der Waals surface area contributed by atoms with Crippen molar-refractivity contribution in [2.24, 2.45) is 10.7 Å². The first-order chi connectivity index (χ1) is 11.7. The van der Waals surface area contributed by atoms with Gasteiger partial charge in [0.25, 0.3) is 0 Å². The molecule has 0 aliphatic carbocycles. The quantitative estimate of drug-likeness (QED) is 0.258. The van der Waals surface area contributed by atoms with Gasteiger partial charge >= 0.3 is 0 Å². The molecule has 0 radical (unpaired) electrons. The van der Waals surface area contributed by atoms with E-state index in [4.69, 9.17) is 10.5 Å². The Morgan fingerprint density at radius 2 is 2.08 bits per heavy atom. The number of halogens is 1. The van der Waals surface area contributed by atoms with Gasteiger partial charge < -0.3 is 15.8 Å². The molecule has 1 aliphatic heterocycles. The van der Waals surface area contributed by atoms with E-state index in [1.54, 1.807) is 7.11 Å². The van der Waals surface area contributed by atoms with E-state index in [0.29, 0.717) is 12.0 Å². The van der Waals surface area contributed by atoms with E-state index in [9.17, 15) is 0 Å². The highest BCUT2D eigenvalue weighted by Crippen LogP contribution is 2.16. The van der Waals surface area contributed by atoms with Crippen LogP contribution in [-0.4, -0.2) is 50.2 Å². The molecule has 142 valence electrons. The van der Waals surface area contributed by atoms with Crippen molar-refractivity contribution in [3.8, 4) is 5.75 Å². The second kappa shape index (κ2) is 12.4. The number of ether oxygens (including phenoxy) is 1. The zero-order chi connectivity index (χ0) is 17.2. The number of methoxy groups -OCH3 is 1. The monoisotopic (exact) mass is 460 g/mol. The first-order valence-electron chi connectivity index (χ1n) is 9.13. The molecule has 0 bridgehead atoms. The molecule has 1 saturated heterocycles. The molecular formula is C19H33IN4O. The molecule has 2 rings (SSSR count). The number of nitrogens with zero attached hydrogens (tertiary/aromatic N) is 2. The zero-order valence-electron chi connectivity index (χ0n) is 15.5. The summed E-state index contributed by atoms with van der Waals surface area (Å²) in [6.45, 7) is 6.23. The number of hydrogen-bond donors (Lipinski definition) is 2. The SMILES string of the molecule is CCN1CCCC1CN=C(N)NCCCCc1ccc(OC)cc1.I. The molecule has 1 aromatic rings. The molecule has 0 saturated carbocycles. The van der Waals surface area contributed by atoms with Crippen LogP contribution in [0.3, 0.4) is 0 Å². The van der Waals surface area contributed by atoms with Crippen LogP contribution in [0, 0.1) is 0 Å². The summed E-state index contributed by atoms with van der Waals surface area (Å²) in [4.78, 5) is 7.00. The van der Waals surface area contributed by atoms with E-state index < -0.39 is 0 Å². The molecule has 1 heterocycles. The van der Waals surface area contributed by atoms with Gasteiger partial charge in [0.1, 0.15) is 5.75 Å². The molecule has 1 fully saturated rings. The average Bonchev–Trinajstić information content (AvgIpc) is 3.07. The highest BCUT2D eigenvalue weighted by Gasteiger charge is 2.22. The van der Waals surface area contributed by atoms with Gasteiger partial charge in [-0.2, -0.15) is 0 Å². The number of aliphatic imine (C=N–C) groups is 1. The summed E-state index contributed by atoms with van der Waals surface area (Å²) in [5.74, 6) is 1.50. The lowest BCUT2D eigenvalue weighted by molar-refractivity contribution is 0.273. The number of nitrogens with two attached hydrogens (primary N) is 1. The topological polar surface area (TPSA) is 62.9 Å². The lowest BCUT2D eigenvalue weighted by Gasteiger charge is -2.20. The van der Waals surface area contributed by atoms with Crippen molar-refractivity contribution < 1.29 is 4.74 Å². The van der Waals surface area contributed by atoms with Crippen molar-refractivity contribution in [2.75, 3.05) is 33.3 Å². The fraction of sp³-hybridized carbons (Fsp3) is 0.632. The normalized spacial score (nSPS) is 18.0. The fourth-order valence-corrected chi connectivity index (χ4v) is 3.24. The highest BCUT2D eigenvalue weighted by molar-refractivity contribution is 14.0. The van der Waals surface area contributed by atoms with Crippen LogP contribution in [-0.2, 0) is 6.42 Å². The number of benzene rings is 1. The molecule has 0 aromatic heterocycles. The van der Waals surface area contributed by atoms with E-state index in [-0.39, 0.29) is 24.0 Å². The summed E-state index contributed by atoms with van der Waals surface area (Å²) in [6, 6.07) is 8.86. The lowest BCUT2D eigenvalue weighted by Crippen LogP contribution is -2.36. The molecule has 0 amide bonds. The van der Waals surface area contributed by atoms with Gasteiger partial charge in [-0.05, 0) is 62.9 Å². The Morgan fingerprint density at radius 1 is 1.32 bits per heavy atom. The third-order valence-electron chi connectivity index (χ3n) is 4.74. The molecule has 1 unspecified atom stereocenters. The molecule has 1 aromatic carbocycles. The summed E-state index contributed by atoms with van der Waals surface area (Å²) in [5, 5.41) is 3.23. The molecular weight excluding hydrogens is 427 g/mol. The van der Waals surface area contributed by atoms with Gasteiger partial charge in [0, 0.05) is 12.6 Å². The van der Waals surface area contributed by atoms with Crippen molar-refractivity contribution in [2.45, 2.75) is 45.1 Å². The summed E-state index contributed by atoms with van der Waals surface area (Å²) in [5.41, 5.74) is 7.32. The molecule has 6 heteroatoms. The Morgan fingerprint density at radius 3 is 2.76 bits per heavy atom. The number of likely N-dealkylation sites (N-methyl/N-ethyl adjacent to an activating group) is 1. The first-order valence-corrected chi connectivity index (χ1v) is 9.13. The summed E-state index contributed by atoms with van der Waals surface area (Å²) >= 11 is 0. The molecule has 5 nitrogen and oxygen atoms in total. The van der Waals surface area contributed by atoms with Crippen LogP contribution in [0.25, 0.3) is 0 Å². The van der Waals surface area contributed by atoms with E-state index in [0.717, 1.165) is 44.6 Å². The second-order valence-corrected chi connectivity index (χ2v) is 6.38. The number of unbranched alkanes of at least 4 members (excludes halogenated alkanes) is 1. The van der Waals surface area contributed by atoms with Crippen LogP contribution in [0.2, 0.25) is 0 Å². The fourth-order valence-electron chi connectivity index (χ4n) is 3.24. The van der Waals surface area contributed by atoms with Gasteiger partial charge in [0.15, 0.2) is 5.96 Å². The number of guanidine groups is 1. The molecule has 25 heavy (non-hydrogen) atoms. The van der Waals surface area contributed by atoms with Crippen LogP contribution < -0.4 is 15.8 Å². The number of nitrogens with one attached hydrogen (secondary N) is 1. The van der Waals surface area contributed by atoms with Gasteiger partial charge in [-0.15, -0.1) is 24.0 Å². The number of hydrogen-bond acceptors (Lipinski definition) is 3. The third kappa shape index (κ3) is 7.81. The Labute approximate surface area is 169 Å². The van der Waals surface area contributed by atoms with Crippen molar-refractivity contribution in [3.63, 3.8) is 0 Å². The van der Waals surface area contributed by atoms with E-state index in [1.165, 1.54) is 24.9 Å². The second-order valence-electron chi connectivity index (χ2n) is 6.38. The van der Waals surface area contributed by atoms with Crippen molar-refractivity contribution in [1.29, 1.82) is 0 Å². The molecule has 1 aliphatic rings. The first kappa shape index (κ1) is 22.0. The average molecular weight is 460 g/mol. The summed E-state index contributed by atoms with van der Waals surface area (Å²) < 4.78 is 5.17. The number of likely N-dealkylation sites (tertiary alicyclic amines) is 1. The third-order valence-corrected chi connectivity index (χ3v) is 4.74. The lowest BCUT2D eigenvalue weighted by atomic mass is 10.1. The Kier molecular flexibility index (Phi) is 10.9. The van der Waals surface area contributed by atoms with Crippen molar-refractivity contribution in [3.05, 3.63) is 29.8 Å². The van der Waals surface area contributed by atoms with Crippen molar-refractivity contribution >= 4 is 29.9 Å². The Bertz CT molecular complexity index is 507. The smallest absolute Gasteiger partial charge is 0.188 e. The standard InChI is InChI=1S/C19H32N4O.HI/c1-3-23-14-6-8-17(23)15-22-19(20)21-13-5-4-7-16-9-11-18(24-2)12-10-16;/h9-12,17H,3-8,13-15H2,1-2H3,(H3,20,21,22);1H. The minimum absolute atomic E-state index is 0. The summed E-state index contributed by atoms with van der Waals surface area (Å²) in [6.07, 6.45) is 5.83. The zero-order valence-corrected chi connectivity index (χ0v) is 17.9. The predicted molar refractivity (Wildman–Crippen MR) is 116 cm³/mol. The van der Waals surface area contributed by atoms with E-state index in [1.807, 2.05) is 12.1 Å². The maximum Gasteiger partial charge on any atom is 0.188 e. The highest BCUT2D eigenvalue weighted by atomic mass is 127. The van der Waals surface area contributed by atoms with Gasteiger partial charge in [0.05, 0.1) is 13.7 Å². The van der Waals surface area contributed by atoms with Crippen LogP contribution in [0.4, 0.5) is 0 Å². The molecule has 0 spiro atoms. The Hall–Kier alpha value is -1.02. The molecule has 3 N–H and O–H groups in total. The van der Waals surface area contributed by atoms with Crippen LogP contribution in [0.1, 0.15) is 38.2 Å². The van der Waals surface area contributed by atoms with Gasteiger partial charge in [-0.25, -0.2) is 0 Å². The van der Waals surface area contributed by atoms with Crippen LogP contribution >= 0.6 is 24.0 Å². The minimum atomic E-state index is 0. The Balaban J connectivity index is 0.00000312. The van der Waals surface area contributed by atoms with Crippen molar-refractivity contribution in [1.82, 2.24) is 10.2 Å². The maximum absolute atomic E-state index is 5.97. The van der Waals surface area contributed by atoms with Crippen LogP contribution in [0.15, 0.2) is 29.3 Å². The minimum Gasteiger partial charge on any atom is -0.497 e. The number of aryl methyl sites for hydroxylation is 1. The predicted octanol–water partition coefficient (Wildman–Crippen LogP) is 3.02. The van der Waals surface area contributed by atoms with E-state index in [2.05, 4.69) is 34.3 Å². The molecule has 1 atom stereocenters. The number of rotatable bonds is 9. The maximum atomic E-state index is 5.97. The van der Waals surface area contributed by atoms with Gasteiger partial charge in [-0.1, -0.05) is 19.1 Å².